The maximum Gasteiger partial charge on any atom is 0.0441 e. The molecule has 0 radical (unpaired) electrons. The van der Waals surface area contributed by atoms with Crippen molar-refractivity contribution >= 4 is 24.0 Å². The number of nitrogens with zero attached hydrogens (tertiary/aromatic N) is 1. The zero-order chi connectivity index (χ0) is 12.1. The van der Waals surface area contributed by atoms with E-state index in [1.807, 2.05) is 18.2 Å². The first kappa shape index (κ1) is 15.8. The second-order valence-corrected chi connectivity index (χ2v) is 5.20. The van der Waals surface area contributed by atoms with Gasteiger partial charge in [0.25, 0.3) is 0 Å². The van der Waals surface area contributed by atoms with E-state index in [9.17, 15) is 0 Å². The molecule has 18 heavy (non-hydrogen) atoms. The summed E-state index contributed by atoms with van der Waals surface area (Å²) in [6.45, 7) is 4.32. The molecule has 102 valence electrons. The molecule has 1 atom stereocenters. The summed E-state index contributed by atoms with van der Waals surface area (Å²) in [6, 6.07) is 8.07. The molecule has 1 saturated heterocycles. The number of halogens is 2. The number of benzene rings is 1. The first-order valence-corrected chi connectivity index (χ1v) is 6.86. The molecule has 1 heterocycles. The lowest BCUT2D eigenvalue weighted by Gasteiger charge is -2.21. The minimum atomic E-state index is 0. The Hall–Kier alpha value is -0.280. The van der Waals surface area contributed by atoms with Crippen LogP contribution in [0.5, 0.6) is 0 Å². The Morgan fingerprint density at radius 1 is 1.22 bits per heavy atom. The van der Waals surface area contributed by atoms with Crippen molar-refractivity contribution in [3.05, 3.63) is 34.9 Å². The average Bonchev–Trinajstić information content (AvgIpc) is 2.85. The van der Waals surface area contributed by atoms with Gasteiger partial charge in [-0.2, -0.15) is 0 Å². The summed E-state index contributed by atoms with van der Waals surface area (Å²) in [6.07, 6.45) is 3.80. The zero-order valence-corrected chi connectivity index (χ0v) is 12.2. The van der Waals surface area contributed by atoms with Crippen LogP contribution in [0.3, 0.4) is 0 Å². The third kappa shape index (κ3) is 4.13. The predicted octanol–water partition coefficient (Wildman–Crippen LogP) is 3.29. The predicted molar refractivity (Wildman–Crippen MR) is 80.8 cm³/mol. The molecule has 1 unspecified atom stereocenters. The maximum absolute atomic E-state index is 6.22. The van der Waals surface area contributed by atoms with E-state index in [2.05, 4.69) is 11.0 Å². The van der Waals surface area contributed by atoms with Gasteiger partial charge in [0.1, 0.15) is 0 Å². The highest BCUT2D eigenvalue weighted by molar-refractivity contribution is 6.31. The Morgan fingerprint density at radius 2 is 1.89 bits per heavy atom. The third-order valence-electron chi connectivity index (χ3n) is 3.62. The van der Waals surface area contributed by atoms with Crippen molar-refractivity contribution < 1.29 is 0 Å². The molecular weight excluding hydrogens is 267 g/mol. The molecule has 0 aliphatic carbocycles. The molecule has 4 heteroatoms. The van der Waals surface area contributed by atoms with Gasteiger partial charge in [-0.3, -0.25) is 0 Å². The van der Waals surface area contributed by atoms with Gasteiger partial charge < -0.3 is 10.6 Å². The van der Waals surface area contributed by atoms with Gasteiger partial charge in [0.05, 0.1) is 0 Å². The van der Waals surface area contributed by atoms with Crippen LogP contribution in [0.15, 0.2) is 24.3 Å². The summed E-state index contributed by atoms with van der Waals surface area (Å²) in [7, 11) is 0. The van der Waals surface area contributed by atoms with Gasteiger partial charge in [0, 0.05) is 5.02 Å². The Bertz CT molecular complexity index is 351. The molecule has 1 aliphatic heterocycles. The normalized spacial score (nSPS) is 17.4. The molecule has 2 rings (SSSR count). The van der Waals surface area contributed by atoms with E-state index in [4.69, 9.17) is 17.3 Å². The summed E-state index contributed by atoms with van der Waals surface area (Å²) in [5.41, 5.74) is 7.09. The molecule has 1 aromatic carbocycles. The summed E-state index contributed by atoms with van der Waals surface area (Å²) < 4.78 is 0. The summed E-state index contributed by atoms with van der Waals surface area (Å²) in [5, 5.41) is 0.851. The Kier molecular flexibility index (Phi) is 7.02. The van der Waals surface area contributed by atoms with E-state index in [0.29, 0.717) is 12.5 Å². The van der Waals surface area contributed by atoms with Crippen LogP contribution in [0.25, 0.3) is 0 Å². The van der Waals surface area contributed by atoms with Gasteiger partial charge in [0.15, 0.2) is 0 Å². The Balaban J connectivity index is 0.00000162. The molecule has 1 aromatic rings. The molecule has 0 aromatic heterocycles. The van der Waals surface area contributed by atoms with Crippen molar-refractivity contribution in [1.29, 1.82) is 0 Å². The third-order valence-corrected chi connectivity index (χ3v) is 3.97. The van der Waals surface area contributed by atoms with E-state index >= 15 is 0 Å². The van der Waals surface area contributed by atoms with Gasteiger partial charge in [0.2, 0.25) is 0 Å². The fourth-order valence-electron chi connectivity index (χ4n) is 2.55. The van der Waals surface area contributed by atoms with E-state index in [0.717, 1.165) is 18.0 Å². The van der Waals surface area contributed by atoms with Crippen LogP contribution in [0.2, 0.25) is 5.02 Å². The van der Waals surface area contributed by atoms with Gasteiger partial charge in [-0.15, -0.1) is 12.4 Å². The van der Waals surface area contributed by atoms with Crippen LogP contribution in [-0.2, 0) is 0 Å². The molecule has 1 aliphatic rings. The van der Waals surface area contributed by atoms with Crippen molar-refractivity contribution in [2.24, 2.45) is 5.73 Å². The van der Waals surface area contributed by atoms with Crippen LogP contribution in [0.4, 0.5) is 0 Å². The van der Waals surface area contributed by atoms with Crippen LogP contribution in [0, 0.1) is 0 Å². The van der Waals surface area contributed by atoms with E-state index in [1.54, 1.807) is 0 Å². The highest BCUT2D eigenvalue weighted by atomic mass is 35.5. The lowest BCUT2D eigenvalue weighted by atomic mass is 9.95. The first-order chi connectivity index (χ1) is 8.31. The number of rotatable bonds is 5. The van der Waals surface area contributed by atoms with Crippen molar-refractivity contribution in [2.75, 3.05) is 26.2 Å². The average molecular weight is 289 g/mol. The monoisotopic (exact) mass is 288 g/mol. The molecule has 0 spiro atoms. The first-order valence-electron chi connectivity index (χ1n) is 6.48. The van der Waals surface area contributed by atoms with Gasteiger partial charge >= 0.3 is 0 Å². The molecule has 0 bridgehead atoms. The smallest absolute Gasteiger partial charge is 0.0441 e. The number of nitrogens with two attached hydrogens (primary N) is 1. The fraction of sp³-hybridized carbons (Fsp3) is 0.571. The number of likely N-dealkylation sites (tertiary alicyclic amines) is 1. The topological polar surface area (TPSA) is 29.3 Å². The van der Waals surface area contributed by atoms with Crippen molar-refractivity contribution in [2.45, 2.75) is 25.2 Å². The maximum atomic E-state index is 6.22. The van der Waals surface area contributed by atoms with E-state index in [-0.39, 0.29) is 12.4 Å². The standard InChI is InChI=1S/C14H21ClN2.ClH/c15-14-6-2-1-5-13(14)12(11-16)7-10-17-8-3-4-9-17;/h1-2,5-6,12H,3-4,7-11,16H2;1H. The molecule has 0 amide bonds. The summed E-state index contributed by atoms with van der Waals surface area (Å²) >= 11 is 6.22. The molecular formula is C14H22Cl2N2. The van der Waals surface area contributed by atoms with E-state index in [1.165, 1.54) is 31.5 Å². The lowest BCUT2D eigenvalue weighted by Crippen LogP contribution is -2.24. The van der Waals surface area contributed by atoms with Crippen LogP contribution >= 0.6 is 24.0 Å². The van der Waals surface area contributed by atoms with Crippen molar-refractivity contribution in [3.63, 3.8) is 0 Å². The van der Waals surface area contributed by atoms with Gasteiger partial charge in [-0.1, -0.05) is 29.8 Å². The Morgan fingerprint density at radius 3 is 2.50 bits per heavy atom. The Labute approximate surface area is 121 Å². The summed E-state index contributed by atoms with van der Waals surface area (Å²) in [5.74, 6) is 0.393. The second-order valence-electron chi connectivity index (χ2n) is 4.79. The van der Waals surface area contributed by atoms with Crippen molar-refractivity contribution in [1.82, 2.24) is 4.90 Å². The summed E-state index contributed by atoms with van der Waals surface area (Å²) in [4.78, 5) is 2.53. The largest absolute Gasteiger partial charge is 0.330 e. The lowest BCUT2D eigenvalue weighted by molar-refractivity contribution is 0.322. The minimum absolute atomic E-state index is 0. The fourth-order valence-corrected chi connectivity index (χ4v) is 2.84. The highest BCUT2D eigenvalue weighted by Gasteiger charge is 2.16. The second kappa shape index (κ2) is 8.00. The molecule has 2 nitrogen and oxygen atoms in total. The number of hydrogen-bond acceptors (Lipinski definition) is 2. The van der Waals surface area contributed by atoms with Crippen LogP contribution in [0.1, 0.15) is 30.7 Å². The molecule has 2 N–H and O–H groups in total. The zero-order valence-electron chi connectivity index (χ0n) is 10.6. The van der Waals surface area contributed by atoms with Crippen LogP contribution < -0.4 is 5.73 Å². The quantitative estimate of drug-likeness (QED) is 0.901. The van der Waals surface area contributed by atoms with Crippen molar-refractivity contribution in [3.8, 4) is 0 Å². The van der Waals surface area contributed by atoms with Gasteiger partial charge in [-0.25, -0.2) is 0 Å². The molecule has 0 saturated carbocycles. The number of hydrogen-bond donors (Lipinski definition) is 1. The SMILES string of the molecule is Cl.NCC(CCN1CCCC1)c1ccccc1Cl. The van der Waals surface area contributed by atoms with Crippen LogP contribution in [-0.4, -0.2) is 31.1 Å². The van der Waals surface area contributed by atoms with Gasteiger partial charge in [-0.05, 0) is 63.0 Å². The minimum Gasteiger partial charge on any atom is -0.330 e. The highest BCUT2D eigenvalue weighted by Crippen LogP contribution is 2.26. The molecule has 1 fully saturated rings. The van der Waals surface area contributed by atoms with E-state index < -0.39 is 0 Å².